The molecular weight excluding hydrogens is 1190 g/mol. The minimum absolute atomic E-state index is 0.00324. The Balaban J connectivity index is -0.00000101. The molecule has 0 aliphatic carbocycles. The van der Waals surface area contributed by atoms with E-state index in [-0.39, 0.29) is 77.2 Å². The molecule has 0 fully saturated rings. The van der Waals surface area contributed by atoms with Gasteiger partial charge in [-0.15, -0.1) is 9.81 Å². The van der Waals surface area contributed by atoms with Crippen LogP contribution in [-0.4, -0.2) is 138 Å². The highest BCUT2D eigenvalue weighted by molar-refractivity contribution is 5.88. The molecule has 4 N–H and O–H groups in total. The quantitative estimate of drug-likeness (QED) is 0.0166. The average Bonchev–Trinajstić information content (AvgIpc) is 2.59. The van der Waals surface area contributed by atoms with E-state index in [0.717, 1.165) is 27.8 Å². The number of nitrogens with one attached hydrogen (secondary N) is 3. The molecule has 4 aromatic carbocycles. The Labute approximate surface area is 532 Å². The number of aryl methyl sites for hydroxylation is 4. The number of carbonyl (C=O) groups is 9. The molecule has 0 bridgehead atoms. The summed E-state index contributed by atoms with van der Waals surface area (Å²) in [6.07, 6.45) is -1.57. The van der Waals surface area contributed by atoms with Crippen LogP contribution in [0.15, 0.2) is 144 Å². The Morgan fingerprint density at radius 3 is 1.15 bits per heavy atom. The largest absolute Gasteiger partial charge is 0.462 e. The van der Waals surface area contributed by atoms with Crippen molar-refractivity contribution >= 4 is 71.2 Å². The topological polar surface area (TPSA) is 352 Å². The van der Waals surface area contributed by atoms with Gasteiger partial charge in [0.2, 0.25) is 0 Å². The summed E-state index contributed by atoms with van der Waals surface area (Å²) in [5.41, 5.74) is 7.49. The predicted molar refractivity (Wildman–Crippen MR) is 342 cm³/mol. The lowest BCUT2D eigenvalue weighted by molar-refractivity contribution is -0.150. The maximum absolute atomic E-state index is 11.6. The zero-order valence-electron chi connectivity index (χ0n) is 54.3. The molecule has 26 nitrogen and oxygen atoms in total. The van der Waals surface area contributed by atoms with Crippen molar-refractivity contribution < 1.29 is 90.9 Å². The molecule has 0 saturated heterocycles. The summed E-state index contributed by atoms with van der Waals surface area (Å²) >= 11 is 0. The van der Waals surface area contributed by atoms with Crippen LogP contribution in [0.25, 0.3) is 0 Å². The monoisotopic (exact) mass is 1280 g/mol. The fourth-order valence-corrected chi connectivity index (χ4v) is 5.49. The number of alkyl carbamates (subject to hydrolysis) is 2. The van der Waals surface area contributed by atoms with Crippen molar-refractivity contribution in [2.24, 2.45) is 10.4 Å². The van der Waals surface area contributed by atoms with Crippen LogP contribution in [0.3, 0.4) is 0 Å². The predicted octanol–water partition coefficient (Wildman–Crippen LogP) is 11.1. The van der Waals surface area contributed by atoms with Crippen molar-refractivity contribution in [1.29, 1.82) is 0 Å². The second-order valence-electron chi connectivity index (χ2n) is 18.6. The van der Waals surface area contributed by atoms with Gasteiger partial charge in [0.1, 0.15) is 69.8 Å². The minimum Gasteiger partial charge on any atom is -0.462 e. The van der Waals surface area contributed by atoms with E-state index in [0.29, 0.717) is 46.6 Å². The van der Waals surface area contributed by atoms with Crippen LogP contribution < -0.4 is 16.0 Å². The zero-order chi connectivity index (χ0) is 69.7. The van der Waals surface area contributed by atoms with E-state index in [1.165, 1.54) is 14.1 Å². The zero-order valence-corrected chi connectivity index (χ0v) is 54.3. The molecule has 0 spiro atoms. The Bertz CT molecular complexity index is 2750. The highest BCUT2D eigenvalue weighted by Crippen LogP contribution is 2.17. The molecule has 0 radical (unpaired) electrons. The molecule has 2 atom stereocenters. The van der Waals surface area contributed by atoms with E-state index >= 15 is 0 Å². The Morgan fingerprint density at radius 2 is 0.813 bits per heavy atom. The van der Waals surface area contributed by atoms with Crippen LogP contribution in [-0.2, 0) is 77.8 Å². The SMILES string of the molecule is C=C(C)C(=O)OCCO.C=C(C)C(=O)OCCOC(=O)Cc1ccccc1C.C=C(C)C(=O)OCCOC(=O)Nc1ccccc1C.CCC(=O)OC(C)COC(=O)NC.CCC(=O)OC(C)COC(=O)NC.Cc1ccccc1N=O.Cc1ccccc1N=O. The van der Waals surface area contributed by atoms with Gasteiger partial charge in [0.25, 0.3) is 0 Å². The fraction of sp³-hybridized carbons (Fsp3) is 0.400. The van der Waals surface area contributed by atoms with Gasteiger partial charge >= 0.3 is 54.1 Å². The summed E-state index contributed by atoms with van der Waals surface area (Å²) in [7, 11) is 2.93. The van der Waals surface area contributed by atoms with Crippen LogP contribution in [0, 0.1) is 37.5 Å². The van der Waals surface area contributed by atoms with Crippen LogP contribution in [0.4, 0.5) is 31.4 Å². The number of hydrogen-bond acceptors (Lipinski definition) is 23. The van der Waals surface area contributed by atoms with Gasteiger partial charge in [-0.2, -0.15) is 0 Å². The van der Waals surface area contributed by atoms with Crippen LogP contribution >= 0.6 is 0 Å². The van der Waals surface area contributed by atoms with Crippen LogP contribution in [0.2, 0.25) is 0 Å². The number of ether oxygens (including phenoxy) is 9. The summed E-state index contributed by atoms with van der Waals surface area (Å²) in [6, 6.07) is 29.4. The summed E-state index contributed by atoms with van der Waals surface area (Å²) < 4.78 is 43.0. The van der Waals surface area contributed by atoms with Crippen molar-refractivity contribution in [3.8, 4) is 0 Å². The molecule has 0 saturated carbocycles. The molecule has 0 heterocycles. The molecule has 91 heavy (non-hydrogen) atoms. The van der Waals surface area contributed by atoms with Crippen LogP contribution in [0.5, 0.6) is 0 Å². The van der Waals surface area contributed by atoms with Gasteiger partial charge in [0.15, 0.2) is 0 Å². The van der Waals surface area contributed by atoms with E-state index < -0.39 is 48.4 Å². The minimum atomic E-state index is -0.583. The number of hydrogen-bond donors (Lipinski definition) is 4. The number of aliphatic hydroxyl groups excluding tert-OH is 1. The first-order chi connectivity index (χ1) is 43.1. The Hall–Kier alpha value is -10.1. The molecule has 2 unspecified atom stereocenters. The summed E-state index contributed by atoms with van der Waals surface area (Å²) in [4.78, 5) is 118. The number of nitrogens with zero attached hydrogens (tertiary/aromatic N) is 2. The first-order valence-corrected chi connectivity index (χ1v) is 28.2. The summed E-state index contributed by atoms with van der Waals surface area (Å²) in [6.45, 7) is 29.3. The first-order valence-electron chi connectivity index (χ1n) is 28.2. The summed E-state index contributed by atoms with van der Waals surface area (Å²) in [5, 5.41) is 21.0. The Morgan fingerprint density at radius 1 is 0.462 bits per heavy atom. The molecule has 4 aromatic rings. The van der Waals surface area contributed by atoms with Crippen molar-refractivity contribution in [2.75, 3.05) is 72.3 Å². The number of rotatable bonds is 24. The number of anilines is 1. The number of para-hydroxylation sites is 1. The molecule has 4 rings (SSSR count). The maximum atomic E-state index is 11.6. The molecular formula is C65H89N5O21. The van der Waals surface area contributed by atoms with E-state index in [1.807, 2.05) is 94.4 Å². The van der Waals surface area contributed by atoms with Crippen molar-refractivity contribution in [1.82, 2.24) is 10.6 Å². The van der Waals surface area contributed by atoms with Gasteiger partial charge in [-0.05, 0) is 119 Å². The van der Waals surface area contributed by atoms with Crippen molar-refractivity contribution in [3.63, 3.8) is 0 Å². The third-order valence-electron chi connectivity index (χ3n) is 10.5. The highest BCUT2D eigenvalue weighted by Gasteiger charge is 2.12. The normalized spacial score (nSPS) is 10.0. The number of aliphatic hydroxyl groups is 1. The maximum Gasteiger partial charge on any atom is 0.411 e. The third-order valence-corrected chi connectivity index (χ3v) is 10.5. The van der Waals surface area contributed by atoms with Gasteiger partial charge in [0, 0.05) is 49.3 Å². The lowest BCUT2D eigenvalue weighted by Crippen LogP contribution is -2.26. The smallest absolute Gasteiger partial charge is 0.411 e. The van der Waals surface area contributed by atoms with Gasteiger partial charge in [-0.25, -0.2) is 28.8 Å². The number of carbonyl (C=O) groups excluding carboxylic acids is 9. The Kier molecular flexibility index (Phi) is 49.5. The molecule has 26 heteroatoms. The highest BCUT2D eigenvalue weighted by atomic mass is 16.6. The van der Waals surface area contributed by atoms with E-state index in [2.05, 4.69) is 60.3 Å². The second kappa shape index (κ2) is 53.0. The van der Waals surface area contributed by atoms with E-state index in [4.69, 9.17) is 33.5 Å². The lowest BCUT2D eigenvalue weighted by atomic mass is 10.1. The molecule has 3 amide bonds. The number of nitroso groups, excluding NO2 is 2. The van der Waals surface area contributed by atoms with Gasteiger partial charge in [-0.1, -0.05) is 112 Å². The van der Waals surface area contributed by atoms with E-state index in [9.17, 15) is 53.0 Å². The standard InChI is InChI=1S/C15H18O4.C14H17NO4.2C8H15NO4.2C7H7NO.C6H10O3/c1-11(2)15(17)19-9-8-18-14(16)10-13-7-5-4-6-12(13)3;1-10(2)13(16)18-8-9-19-14(17)15-12-7-5-4-6-11(12)3;2*1-4-7(10)13-6(2)5-12-8(11)9-3;2*1-6-4-2-3-5-7(6)8-9;1-5(2)6(8)9-4-3-7/h4-7H,1,8-10H2,2-3H3;4-7H,1,8-9H2,2-3H3,(H,15,17);2*6H,4-5H2,1-3H3,(H,9,11);2*2-5H,1H3;7H,1,3-4H2,2H3. The first kappa shape index (κ1) is 85.1. The number of esters is 6. The van der Waals surface area contributed by atoms with Crippen molar-refractivity contribution in [2.45, 2.75) is 108 Å². The van der Waals surface area contributed by atoms with E-state index in [1.54, 1.807) is 78.8 Å². The third kappa shape index (κ3) is 46.7. The fourth-order valence-electron chi connectivity index (χ4n) is 5.49. The van der Waals surface area contributed by atoms with Gasteiger partial charge in [-0.3, -0.25) is 19.7 Å². The molecule has 500 valence electrons. The van der Waals surface area contributed by atoms with Crippen LogP contribution in [0.1, 0.15) is 89.1 Å². The molecule has 0 aliphatic rings. The van der Waals surface area contributed by atoms with Gasteiger partial charge < -0.3 is 58.4 Å². The number of benzene rings is 4. The summed E-state index contributed by atoms with van der Waals surface area (Å²) in [5.74, 6) is -2.36. The lowest BCUT2D eigenvalue weighted by Gasteiger charge is -2.12. The van der Waals surface area contributed by atoms with Gasteiger partial charge in [0.05, 0.1) is 13.0 Å². The second-order valence-corrected chi connectivity index (χ2v) is 18.6. The molecule has 0 aromatic heterocycles. The average molecular weight is 1280 g/mol. The number of amides is 3. The molecule has 0 aliphatic heterocycles. The van der Waals surface area contributed by atoms with Crippen molar-refractivity contribution in [3.05, 3.63) is 171 Å².